The number of aliphatic hydroxyl groups excluding tert-OH is 2. The van der Waals surface area contributed by atoms with E-state index in [4.69, 9.17) is 0 Å². The summed E-state index contributed by atoms with van der Waals surface area (Å²) in [6.45, 7) is 1.76. The second-order valence-corrected chi connectivity index (χ2v) is 8.93. The topological polar surface area (TPSA) is 127 Å². The van der Waals surface area contributed by atoms with Gasteiger partial charge in [-0.3, -0.25) is 10.1 Å². The molecule has 2 atom stereocenters. The summed E-state index contributed by atoms with van der Waals surface area (Å²) in [5.74, 6) is 0. The molecule has 0 aromatic heterocycles. The number of anilines is 1. The van der Waals surface area contributed by atoms with E-state index in [2.05, 4.69) is 0 Å². The van der Waals surface area contributed by atoms with Crippen LogP contribution in [-0.2, 0) is 10.0 Å². The second-order valence-electron chi connectivity index (χ2n) is 6.99. The number of benzene rings is 1. The molecular weight excluding hydrogens is 376 g/mol. The van der Waals surface area contributed by atoms with Gasteiger partial charge < -0.3 is 20.0 Å². The van der Waals surface area contributed by atoms with E-state index in [1.54, 1.807) is 4.90 Å². The largest absolute Gasteiger partial charge is 0.394 e. The first kappa shape index (κ1) is 20.0. The van der Waals surface area contributed by atoms with Crippen molar-refractivity contribution in [2.24, 2.45) is 0 Å². The molecule has 2 heterocycles. The van der Waals surface area contributed by atoms with Crippen LogP contribution in [-0.4, -0.2) is 91.3 Å². The van der Waals surface area contributed by atoms with Crippen molar-refractivity contribution in [1.82, 2.24) is 9.21 Å². The SMILES string of the molecule is CN1CCN(S(=O)(=O)c2ccc(N3C[C@H](O)C[C@H]3CO)c([N+](=O)[O-])c2)CC1. The highest BCUT2D eigenvalue weighted by molar-refractivity contribution is 7.89. The van der Waals surface area contributed by atoms with E-state index in [-0.39, 0.29) is 29.4 Å². The van der Waals surface area contributed by atoms with E-state index in [1.807, 2.05) is 11.9 Å². The number of likely N-dealkylation sites (N-methyl/N-ethyl adjacent to an activating group) is 1. The van der Waals surface area contributed by atoms with Crippen molar-refractivity contribution in [2.75, 3.05) is 51.3 Å². The van der Waals surface area contributed by atoms with Gasteiger partial charge in [-0.15, -0.1) is 0 Å². The molecule has 150 valence electrons. The number of nitro benzene ring substituents is 1. The van der Waals surface area contributed by atoms with Crippen LogP contribution < -0.4 is 4.90 Å². The zero-order valence-corrected chi connectivity index (χ0v) is 15.9. The lowest BCUT2D eigenvalue weighted by molar-refractivity contribution is -0.384. The van der Waals surface area contributed by atoms with Crippen molar-refractivity contribution in [3.05, 3.63) is 28.3 Å². The molecule has 27 heavy (non-hydrogen) atoms. The number of rotatable bonds is 5. The molecule has 0 unspecified atom stereocenters. The zero-order valence-electron chi connectivity index (χ0n) is 15.1. The summed E-state index contributed by atoms with van der Waals surface area (Å²) in [6.07, 6.45) is -0.398. The number of β-amino-alcohol motifs (C(OH)–C–C–N with tert-alkyl or cyclic N) is 1. The summed E-state index contributed by atoms with van der Waals surface area (Å²) in [6, 6.07) is 3.37. The molecule has 2 N–H and O–H groups in total. The third-order valence-corrected chi connectivity index (χ3v) is 7.05. The normalized spacial score (nSPS) is 25.1. The molecule has 11 heteroatoms. The molecule has 0 saturated carbocycles. The van der Waals surface area contributed by atoms with Gasteiger partial charge in [0.25, 0.3) is 5.69 Å². The van der Waals surface area contributed by atoms with Gasteiger partial charge in [-0.2, -0.15) is 4.31 Å². The highest BCUT2D eigenvalue weighted by atomic mass is 32.2. The molecule has 0 bridgehead atoms. The number of hydrogen-bond donors (Lipinski definition) is 2. The molecular formula is C16H24N4O6S. The Morgan fingerprint density at radius 3 is 2.52 bits per heavy atom. The molecule has 0 radical (unpaired) electrons. The van der Waals surface area contributed by atoms with Crippen LogP contribution in [0.3, 0.4) is 0 Å². The molecule has 10 nitrogen and oxygen atoms in total. The van der Waals surface area contributed by atoms with Crippen molar-refractivity contribution < 1.29 is 23.6 Å². The number of piperazine rings is 1. The zero-order chi connectivity index (χ0) is 19.8. The summed E-state index contributed by atoms with van der Waals surface area (Å²) in [5, 5.41) is 30.9. The maximum absolute atomic E-state index is 12.9. The Bertz CT molecular complexity index is 809. The van der Waals surface area contributed by atoms with Crippen LogP contribution in [0.1, 0.15) is 6.42 Å². The van der Waals surface area contributed by atoms with E-state index in [1.165, 1.54) is 16.4 Å². The van der Waals surface area contributed by atoms with E-state index >= 15 is 0 Å². The maximum atomic E-state index is 12.9. The lowest BCUT2D eigenvalue weighted by Crippen LogP contribution is -2.47. The molecule has 2 aliphatic heterocycles. The van der Waals surface area contributed by atoms with E-state index in [0.29, 0.717) is 32.6 Å². The van der Waals surface area contributed by atoms with Gasteiger partial charge in [-0.1, -0.05) is 0 Å². The van der Waals surface area contributed by atoms with Crippen LogP contribution in [0.5, 0.6) is 0 Å². The monoisotopic (exact) mass is 400 g/mol. The lowest BCUT2D eigenvalue weighted by atomic mass is 10.2. The predicted octanol–water partition coefficient (Wildman–Crippen LogP) is -0.537. The van der Waals surface area contributed by atoms with Crippen LogP contribution in [0.15, 0.2) is 23.1 Å². The fraction of sp³-hybridized carbons (Fsp3) is 0.625. The number of hydrogen-bond acceptors (Lipinski definition) is 8. The van der Waals surface area contributed by atoms with E-state index < -0.39 is 27.1 Å². The minimum atomic E-state index is -3.83. The van der Waals surface area contributed by atoms with Crippen LogP contribution >= 0.6 is 0 Å². The number of nitro groups is 1. The fourth-order valence-corrected chi connectivity index (χ4v) is 5.03. The van der Waals surface area contributed by atoms with Crippen molar-refractivity contribution >= 4 is 21.4 Å². The van der Waals surface area contributed by atoms with Gasteiger partial charge >= 0.3 is 0 Å². The van der Waals surface area contributed by atoms with E-state index in [9.17, 15) is 28.7 Å². The smallest absolute Gasteiger partial charge is 0.293 e. The minimum Gasteiger partial charge on any atom is -0.394 e. The second kappa shape index (κ2) is 7.68. The molecule has 0 aliphatic carbocycles. The number of nitrogens with zero attached hydrogens (tertiary/aromatic N) is 4. The van der Waals surface area contributed by atoms with Crippen molar-refractivity contribution in [3.63, 3.8) is 0 Å². The van der Waals surface area contributed by atoms with E-state index in [0.717, 1.165) is 6.07 Å². The van der Waals surface area contributed by atoms with Gasteiger partial charge in [0.2, 0.25) is 10.0 Å². The maximum Gasteiger partial charge on any atom is 0.293 e. The van der Waals surface area contributed by atoms with Gasteiger partial charge in [-0.25, -0.2) is 8.42 Å². The molecule has 1 aromatic rings. The van der Waals surface area contributed by atoms with Crippen LogP contribution in [0.25, 0.3) is 0 Å². The summed E-state index contributed by atoms with van der Waals surface area (Å²) < 4.78 is 27.1. The Hall–Kier alpha value is -1.79. The quantitative estimate of drug-likeness (QED) is 0.498. The number of aliphatic hydroxyl groups is 2. The summed E-state index contributed by atoms with van der Waals surface area (Å²) in [5.41, 5.74) is -0.148. The molecule has 0 amide bonds. The predicted molar refractivity (Wildman–Crippen MR) is 98.2 cm³/mol. The lowest BCUT2D eigenvalue weighted by Gasteiger charge is -2.31. The average molecular weight is 400 g/mol. The fourth-order valence-electron chi connectivity index (χ4n) is 3.59. The molecule has 0 spiro atoms. The van der Waals surface area contributed by atoms with Crippen LogP contribution in [0, 0.1) is 10.1 Å². The third-order valence-electron chi connectivity index (χ3n) is 5.16. The van der Waals surface area contributed by atoms with Crippen LogP contribution in [0.4, 0.5) is 11.4 Å². The Kier molecular flexibility index (Phi) is 5.68. The Balaban J connectivity index is 1.95. The summed E-state index contributed by atoms with van der Waals surface area (Å²) in [7, 11) is -1.92. The highest BCUT2D eigenvalue weighted by Crippen LogP contribution is 2.36. The van der Waals surface area contributed by atoms with Crippen molar-refractivity contribution in [2.45, 2.75) is 23.5 Å². The Morgan fingerprint density at radius 1 is 1.26 bits per heavy atom. The molecule has 1 aromatic carbocycles. The van der Waals surface area contributed by atoms with Gasteiger partial charge in [0, 0.05) is 38.8 Å². The molecule has 2 fully saturated rings. The van der Waals surface area contributed by atoms with Crippen LogP contribution in [0.2, 0.25) is 0 Å². The number of sulfonamides is 1. The average Bonchev–Trinajstić information content (AvgIpc) is 3.02. The summed E-state index contributed by atoms with van der Waals surface area (Å²) >= 11 is 0. The Morgan fingerprint density at radius 2 is 1.93 bits per heavy atom. The first-order valence-electron chi connectivity index (χ1n) is 8.76. The van der Waals surface area contributed by atoms with Gasteiger partial charge in [0.1, 0.15) is 5.69 Å². The minimum absolute atomic E-state index is 0.122. The van der Waals surface area contributed by atoms with Gasteiger partial charge in [-0.05, 0) is 25.6 Å². The van der Waals surface area contributed by atoms with Crippen molar-refractivity contribution in [3.8, 4) is 0 Å². The standard InChI is InChI=1S/C16H24N4O6S/c1-17-4-6-18(7-5-17)27(25,26)14-2-3-15(16(9-14)20(23)24)19-10-13(22)8-12(19)11-21/h2-3,9,12-13,21-22H,4-8,10-11H2,1H3/t12-,13+/m0/s1. The molecule has 2 saturated heterocycles. The van der Waals surface area contributed by atoms with Gasteiger partial charge in [0.05, 0.1) is 28.6 Å². The Labute approximate surface area is 157 Å². The molecule has 2 aliphatic rings. The van der Waals surface area contributed by atoms with Crippen molar-refractivity contribution in [1.29, 1.82) is 0 Å². The third kappa shape index (κ3) is 3.92. The first-order chi connectivity index (χ1) is 12.7. The summed E-state index contributed by atoms with van der Waals surface area (Å²) in [4.78, 5) is 14.4. The van der Waals surface area contributed by atoms with Gasteiger partial charge in [0.15, 0.2) is 0 Å². The molecule has 3 rings (SSSR count). The highest BCUT2D eigenvalue weighted by Gasteiger charge is 2.36. The first-order valence-corrected chi connectivity index (χ1v) is 10.2.